The van der Waals surface area contributed by atoms with Gasteiger partial charge in [0.1, 0.15) is 0 Å². The second-order valence-electron chi connectivity index (χ2n) is 7.57. The monoisotopic (exact) mass is 301 g/mol. The zero-order valence-corrected chi connectivity index (χ0v) is 14.0. The van der Waals surface area contributed by atoms with Crippen molar-refractivity contribution in [2.75, 3.05) is 6.61 Å². The van der Waals surface area contributed by atoms with Gasteiger partial charge in [-0.25, -0.2) is 0 Å². The third-order valence-corrected chi connectivity index (χ3v) is 5.94. The number of aliphatic hydroxyl groups excluding tert-OH is 1. The molecule has 122 valence electrons. The number of hydrogen-bond donors (Lipinski definition) is 2. The van der Waals surface area contributed by atoms with Crippen molar-refractivity contribution in [3.8, 4) is 0 Å². The molecule has 2 aliphatic carbocycles. The Kier molecular flexibility index (Phi) is 5.20. The summed E-state index contributed by atoms with van der Waals surface area (Å²) in [5.41, 5.74) is 4.34. The molecule has 1 unspecified atom stereocenters. The average Bonchev–Trinajstić information content (AvgIpc) is 2.60. The van der Waals surface area contributed by atoms with Gasteiger partial charge >= 0.3 is 0 Å². The molecule has 0 saturated heterocycles. The summed E-state index contributed by atoms with van der Waals surface area (Å²) < 4.78 is 0. The molecule has 0 amide bonds. The van der Waals surface area contributed by atoms with Crippen LogP contribution in [0.3, 0.4) is 0 Å². The summed E-state index contributed by atoms with van der Waals surface area (Å²) in [4.78, 5) is 0. The number of hydrogen-bond acceptors (Lipinski definition) is 2. The molecule has 0 spiro atoms. The molecule has 0 aliphatic heterocycles. The number of nitrogens with one attached hydrogen (secondary N) is 1. The van der Waals surface area contributed by atoms with Crippen LogP contribution in [0.15, 0.2) is 18.2 Å². The highest BCUT2D eigenvalue weighted by atomic mass is 16.3. The Morgan fingerprint density at radius 3 is 2.50 bits per heavy atom. The largest absolute Gasteiger partial charge is 0.394 e. The topological polar surface area (TPSA) is 32.3 Å². The maximum Gasteiger partial charge on any atom is 0.0613 e. The molecule has 2 aliphatic rings. The highest BCUT2D eigenvalue weighted by molar-refractivity contribution is 5.33. The van der Waals surface area contributed by atoms with Gasteiger partial charge in [-0.3, -0.25) is 0 Å². The quantitative estimate of drug-likeness (QED) is 0.862. The van der Waals surface area contributed by atoms with E-state index in [0.717, 1.165) is 6.54 Å². The van der Waals surface area contributed by atoms with Crippen LogP contribution in [0.25, 0.3) is 0 Å². The third-order valence-electron chi connectivity index (χ3n) is 5.94. The van der Waals surface area contributed by atoms with Gasteiger partial charge in [-0.1, -0.05) is 37.5 Å². The van der Waals surface area contributed by atoms with Crippen LogP contribution in [0.2, 0.25) is 0 Å². The molecule has 1 aromatic rings. The zero-order chi connectivity index (χ0) is 15.4. The fourth-order valence-electron chi connectivity index (χ4n) is 4.27. The molecule has 2 N–H and O–H groups in total. The summed E-state index contributed by atoms with van der Waals surface area (Å²) in [6.45, 7) is 3.32. The second kappa shape index (κ2) is 7.14. The van der Waals surface area contributed by atoms with Gasteiger partial charge in [0, 0.05) is 12.1 Å². The van der Waals surface area contributed by atoms with Crippen molar-refractivity contribution in [3.05, 3.63) is 34.9 Å². The van der Waals surface area contributed by atoms with E-state index in [2.05, 4.69) is 30.4 Å². The van der Waals surface area contributed by atoms with Crippen LogP contribution in [0.4, 0.5) is 0 Å². The second-order valence-corrected chi connectivity index (χ2v) is 7.57. The third kappa shape index (κ3) is 3.55. The number of rotatable bonds is 5. The van der Waals surface area contributed by atoms with E-state index in [-0.39, 0.29) is 12.1 Å². The summed E-state index contributed by atoms with van der Waals surface area (Å²) in [6.07, 6.45) is 11.7. The van der Waals surface area contributed by atoms with E-state index < -0.39 is 0 Å². The molecule has 1 atom stereocenters. The molecule has 3 rings (SSSR count). The normalized spacial score (nSPS) is 22.1. The predicted octanol–water partition coefficient (Wildman–Crippen LogP) is 3.99. The Labute approximate surface area is 135 Å². The maximum absolute atomic E-state index is 9.95. The fourth-order valence-corrected chi connectivity index (χ4v) is 4.27. The van der Waals surface area contributed by atoms with Crippen LogP contribution in [0.1, 0.15) is 68.6 Å². The van der Waals surface area contributed by atoms with Crippen LogP contribution in [0.5, 0.6) is 0 Å². The highest BCUT2D eigenvalue weighted by Crippen LogP contribution is 2.32. The van der Waals surface area contributed by atoms with E-state index in [1.807, 2.05) is 0 Å². The van der Waals surface area contributed by atoms with Gasteiger partial charge in [0.2, 0.25) is 0 Å². The minimum atomic E-state index is -0.129. The molecular weight excluding hydrogens is 270 g/mol. The van der Waals surface area contributed by atoms with Crippen molar-refractivity contribution in [1.82, 2.24) is 5.32 Å². The van der Waals surface area contributed by atoms with Gasteiger partial charge in [-0.15, -0.1) is 0 Å². The van der Waals surface area contributed by atoms with Gasteiger partial charge < -0.3 is 10.4 Å². The Morgan fingerprint density at radius 1 is 1.05 bits per heavy atom. The van der Waals surface area contributed by atoms with Gasteiger partial charge in [0.05, 0.1) is 6.61 Å². The zero-order valence-electron chi connectivity index (χ0n) is 14.0. The summed E-state index contributed by atoms with van der Waals surface area (Å²) >= 11 is 0. The number of aliphatic hydroxyl groups is 1. The molecule has 0 heterocycles. The number of benzene rings is 1. The first-order valence-electron chi connectivity index (χ1n) is 9.18. The maximum atomic E-state index is 9.95. The molecule has 1 saturated carbocycles. The van der Waals surface area contributed by atoms with Gasteiger partial charge in [0.15, 0.2) is 0 Å². The first-order chi connectivity index (χ1) is 10.7. The molecule has 0 aromatic heterocycles. The SMILES string of the molecule is CC(CO)(NCc1ccc2c(c1)CCCC2)C1CCCCC1. The lowest BCUT2D eigenvalue weighted by molar-refractivity contribution is 0.0937. The van der Waals surface area contributed by atoms with Crippen LogP contribution in [-0.2, 0) is 19.4 Å². The van der Waals surface area contributed by atoms with Crippen molar-refractivity contribution < 1.29 is 5.11 Å². The van der Waals surface area contributed by atoms with Crippen LogP contribution in [-0.4, -0.2) is 17.3 Å². The molecule has 1 aromatic carbocycles. The van der Waals surface area contributed by atoms with Crippen molar-refractivity contribution in [3.63, 3.8) is 0 Å². The van der Waals surface area contributed by atoms with Crippen LogP contribution >= 0.6 is 0 Å². The van der Waals surface area contributed by atoms with E-state index >= 15 is 0 Å². The minimum Gasteiger partial charge on any atom is -0.394 e. The smallest absolute Gasteiger partial charge is 0.0613 e. The summed E-state index contributed by atoms with van der Waals surface area (Å²) in [5, 5.41) is 13.6. The van der Waals surface area contributed by atoms with Crippen LogP contribution < -0.4 is 5.32 Å². The Morgan fingerprint density at radius 2 is 1.77 bits per heavy atom. The summed E-state index contributed by atoms with van der Waals surface area (Å²) in [5.74, 6) is 0.615. The lowest BCUT2D eigenvalue weighted by Gasteiger charge is -2.39. The Balaban J connectivity index is 1.64. The van der Waals surface area contributed by atoms with Gasteiger partial charge in [0.25, 0.3) is 0 Å². The summed E-state index contributed by atoms with van der Waals surface area (Å²) in [6, 6.07) is 6.98. The lowest BCUT2D eigenvalue weighted by atomic mass is 9.76. The molecule has 1 fully saturated rings. The Bertz CT molecular complexity index is 492. The first kappa shape index (κ1) is 16.0. The van der Waals surface area contributed by atoms with Crippen molar-refractivity contribution in [2.24, 2.45) is 5.92 Å². The van der Waals surface area contributed by atoms with E-state index in [0.29, 0.717) is 5.92 Å². The molecule has 0 radical (unpaired) electrons. The predicted molar refractivity (Wildman–Crippen MR) is 92.0 cm³/mol. The van der Waals surface area contributed by atoms with E-state index in [1.165, 1.54) is 63.4 Å². The van der Waals surface area contributed by atoms with Crippen molar-refractivity contribution in [1.29, 1.82) is 0 Å². The number of fused-ring (bicyclic) bond motifs is 1. The van der Waals surface area contributed by atoms with Crippen LogP contribution in [0, 0.1) is 5.92 Å². The van der Waals surface area contributed by atoms with Crippen molar-refractivity contribution in [2.45, 2.75) is 76.8 Å². The van der Waals surface area contributed by atoms with E-state index in [4.69, 9.17) is 0 Å². The lowest BCUT2D eigenvalue weighted by Crippen LogP contribution is -2.52. The summed E-state index contributed by atoms with van der Waals surface area (Å²) in [7, 11) is 0. The van der Waals surface area contributed by atoms with Crippen molar-refractivity contribution >= 4 is 0 Å². The van der Waals surface area contributed by atoms with E-state index in [1.54, 1.807) is 11.1 Å². The molecule has 2 heteroatoms. The van der Waals surface area contributed by atoms with Gasteiger partial charge in [-0.2, -0.15) is 0 Å². The highest BCUT2D eigenvalue weighted by Gasteiger charge is 2.33. The molecule has 0 bridgehead atoms. The fraction of sp³-hybridized carbons (Fsp3) is 0.700. The molecule has 22 heavy (non-hydrogen) atoms. The standard InChI is InChI=1S/C20H31NO/c1-20(15-22,19-9-3-2-4-10-19)21-14-16-11-12-17-7-5-6-8-18(17)13-16/h11-13,19,21-22H,2-10,14-15H2,1H3. The molecular formula is C20H31NO. The first-order valence-corrected chi connectivity index (χ1v) is 9.18. The average molecular weight is 301 g/mol. The number of aryl methyl sites for hydroxylation is 2. The molecule has 2 nitrogen and oxygen atoms in total. The van der Waals surface area contributed by atoms with E-state index in [9.17, 15) is 5.11 Å². The van der Waals surface area contributed by atoms with Gasteiger partial charge in [-0.05, 0) is 68.1 Å². The Hall–Kier alpha value is -0.860. The minimum absolute atomic E-state index is 0.129.